The molecular weight excluding hydrogens is 282 g/mol. The van der Waals surface area contributed by atoms with Crippen LogP contribution in [0.4, 0.5) is 0 Å². The molecule has 0 bridgehead atoms. The summed E-state index contributed by atoms with van der Waals surface area (Å²) in [5, 5.41) is 0. The van der Waals surface area contributed by atoms with E-state index in [1.54, 1.807) is 0 Å². The van der Waals surface area contributed by atoms with Gasteiger partial charge < -0.3 is 0 Å². The highest BCUT2D eigenvalue weighted by Crippen LogP contribution is 2.13. The lowest BCUT2D eigenvalue weighted by atomic mass is 10.5. The van der Waals surface area contributed by atoms with Gasteiger partial charge in [0.1, 0.15) is 6.61 Å². The molecule has 0 rings (SSSR count). The Hall–Kier alpha value is 0.490. The smallest absolute Gasteiger partial charge is 0.260 e. The summed E-state index contributed by atoms with van der Waals surface area (Å²) in [6.45, 7) is 5.13. The monoisotopic (exact) mass is 295 g/mol. The van der Waals surface area contributed by atoms with Gasteiger partial charge >= 0.3 is 8.25 Å². The summed E-state index contributed by atoms with van der Waals surface area (Å²) in [5.74, 6) is 1.17. The van der Waals surface area contributed by atoms with E-state index in [1.165, 1.54) is 0 Å². The molecule has 0 radical (unpaired) electrons. The first-order valence-electron chi connectivity index (χ1n) is 4.04. The predicted molar refractivity (Wildman–Crippen MR) is 64.8 cm³/mol. The highest BCUT2D eigenvalue weighted by Gasteiger charge is 2.10. The van der Waals surface area contributed by atoms with Crippen molar-refractivity contribution in [3.8, 4) is 0 Å². The molecule has 0 aliphatic carbocycles. The van der Waals surface area contributed by atoms with Crippen molar-refractivity contribution >= 4 is 42.3 Å². The van der Waals surface area contributed by atoms with Gasteiger partial charge in [-0.3, -0.25) is 4.21 Å². The third-order valence-electron chi connectivity index (χ3n) is 1.04. The van der Waals surface area contributed by atoms with Gasteiger partial charge in [0.15, 0.2) is 0 Å². The van der Waals surface area contributed by atoms with Crippen LogP contribution in [0.1, 0.15) is 13.3 Å². The summed E-state index contributed by atoms with van der Waals surface area (Å²) in [6, 6.07) is 0. The lowest BCUT2D eigenvalue weighted by Crippen LogP contribution is -2.01. The first kappa shape index (κ1) is 17.9. The highest BCUT2D eigenvalue weighted by molar-refractivity contribution is 7.84. The zero-order valence-corrected chi connectivity index (χ0v) is 11.5. The van der Waals surface area contributed by atoms with Crippen LogP contribution in [0.2, 0.25) is 0 Å². The van der Waals surface area contributed by atoms with E-state index in [1.807, 2.05) is 6.92 Å². The molecule has 15 heavy (non-hydrogen) atoms. The van der Waals surface area contributed by atoms with Crippen LogP contribution in [0, 0.1) is 0 Å². The van der Waals surface area contributed by atoms with Crippen molar-refractivity contribution < 1.29 is 18.2 Å². The normalized spacial score (nSPS) is 12.4. The molecule has 0 heterocycles. The Labute approximate surface area is 103 Å². The van der Waals surface area contributed by atoms with Crippen LogP contribution in [0.5, 0.6) is 0 Å². The van der Waals surface area contributed by atoms with Gasteiger partial charge in [0.05, 0.1) is 4.49 Å². The number of halogens is 2. The quantitative estimate of drug-likeness (QED) is 0.604. The maximum Gasteiger partial charge on any atom is 0.694 e. The van der Waals surface area contributed by atoms with Gasteiger partial charge in [-0.25, -0.2) is 0 Å². The van der Waals surface area contributed by atoms with E-state index in [0.29, 0.717) is 17.9 Å². The molecule has 1 N–H and O–H groups in total. The molecule has 0 saturated carbocycles. The fourth-order valence-electron chi connectivity index (χ4n) is 0.507. The molecule has 0 saturated heterocycles. The molecular formula is C7H14Cl2O4PS+. The molecule has 0 aromatic rings. The van der Waals surface area contributed by atoms with Crippen molar-refractivity contribution in [1.29, 1.82) is 0 Å². The van der Waals surface area contributed by atoms with Crippen LogP contribution in [0.15, 0.2) is 11.1 Å². The van der Waals surface area contributed by atoms with Crippen molar-refractivity contribution in [2.45, 2.75) is 13.3 Å². The summed E-state index contributed by atoms with van der Waals surface area (Å²) < 4.78 is 25.2. The Morgan fingerprint density at radius 2 is 2.07 bits per heavy atom. The highest BCUT2D eigenvalue weighted by atomic mass is 35.5. The fraction of sp³-hybridized carbons (Fsp3) is 0.714. The summed E-state index contributed by atoms with van der Waals surface area (Å²) in [4.78, 5) is 8.19. The van der Waals surface area contributed by atoms with E-state index in [9.17, 15) is 8.77 Å². The van der Waals surface area contributed by atoms with E-state index >= 15 is 0 Å². The predicted octanol–water partition coefficient (Wildman–Crippen LogP) is 2.75. The Morgan fingerprint density at radius 3 is 2.40 bits per heavy atom. The molecule has 0 spiro atoms. The second kappa shape index (κ2) is 12.6. The van der Waals surface area contributed by atoms with Crippen LogP contribution in [-0.2, 0) is 19.9 Å². The average Bonchev–Trinajstić information content (AvgIpc) is 2.10. The van der Waals surface area contributed by atoms with Crippen molar-refractivity contribution in [3.05, 3.63) is 11.1 Å². The van der Waals surface area contributed by atoms with E-state index in [0.717, 1.165) is 0 Å². The number of rotatable bonds is 6. The lowest BCUT2D eigenvalue weighted by Gasteiger charge is -1.93. The summed E-state index contributed by atoms with van der Waals surface area (Å²) in [7, 11) is -3.28. The third kappa shape index (κ3) is 25.1. The van der Waals surface area contributed by atoms with E-state index < -0.39 is 19.1 Å². The second-order valence-electron chi connectivity index (χ2n) is 2.20. The van der Waals surface area contributed by atoms with Crippen LogP contribution in [0.25, 0.3) is 0 Å². The molecule has 0 aliphatic rings. The molecule has 90 valence electrons. The van der Waals surface area contributed by atoms with Gasteiger partial charge in [-0.15, -0.1) is 9.42 Å². The summed E-state index contributed by atoms with van der Waals surface area (Å²) in [5.41, 5.74) is 0. The average molecular weight is 296 g/mol. The van der Waals surface area contributed by atoms with Crippen molar-refractivity contribution in [1.82, 2.24) is 0 Å². The SMILES string of the molecule is C=C(Cl)Cl.CCS(=O)CCCO[P+](=O)O. The Balaban J connectivity index is 0. The van der Waals surface area contributed by atoms with Crippen molar-refractivity contribution in [2.75, 3.05) is 18.1 Å². The topological polar surface area (TPSA) is 63.6 Å². The van der Waals surface area contributed by atoms with Crippen LogP contribution < -0.4 is 0 Å². The van der Waals surface area contributed by atoms with E-state index in [2.05, 4.69) is 11.1 Å². The molecule has 0 aromatic carbocycles. The molecule has 2 atom stereocenters. The summed E-state index contributed by atoms with van der Waals surface area (Å²) >= 11 is 9.69. The van der Waals surface area contributed by atoms with Crippen molar-refractivity contribution in [2.24, 2.45) is 0 Å². The second-order valence-corrected chi connectivity index (χ2v) is 5.90. The van der Waals surface area contributed by atoms with Gasteiger partial charge in [-0.05, 0) is 6.42 Å². The first-order chi connectivity index (χ1) is 6.90. The maximum atomic E-state index is 10.8. The van der Waals surface area contributed by atoms with Gasteiger partial charge in [-0.2, -0.15) is 0 Å². The fourth-order valence-corrected chi connectivity index (χ4v) is 1.52. The number of hydrogen-bond acceptors (Lipinski definition) is 3. The van der Waals surface area contributed by atoms with Gasteiger partial charge in [-0.1, -0.05) is 36.7 Å². The standard InChI is InChI=1S/C5H11O4PS.C2H2Cl2/c1-2-11(8)5-3-4-9-10(6)7;1-2(3)4/h2-5H2,1H3;1H2/p+1. The van der Waals surface area contributed by atoms with Gasteiger partial charge in [0, 0.05) is 26.9 Å². The zero-order chi connectivity index (χ0) is 12.3. The maximum absolute atomic E-state index is 10.8. The molecule has 0 aromatic heterocycles. The number of hydrogen-bond donors (Lipinski definition) is 1. The van der Waals surface area contributed by atoms with Crippen LogP contribution in [-0.4, -0.2) is 27.2 Å². The Bertz CT molecular complexity index is 221. The van der Waals surface area contributed by atoms with Gasteiger partial charge in [0.25, 0.3) is 0 Å². The minimum Gasteiger partial charge on any atom is -0.260 e. The van der Waals surface area contributed by atoms with Crippen LogP contribution >= 0.6 is 31.5 Å². The largest absolute Gasteiger partial charge is 0.694 e. The van der Waals surface area contributed by atoms with E-state index in [4.69, 9.17) is 28.1 Å². The van der Waals surface area contributed by atoms with Crippen molar-refractivity contribution in [3.63, 3.8) is 0 Å². The van der Waals surface area contributed by atoms with Gasteiger partial charge in [0.2, 0.25) is 0 Å². The first-order valence-corrected chi connectivity index (χ1v) is 7.41. The molecule has 4 nitrogen and oxygen atoms in total. The third-order valence-corrected chi connectivity index (χ3v) is 2.83. The van der Waals surface area contributed by atoms with Crippen LogP contribution in [0.3, 0.4) is 0 Å². The molecule has 0 amide bonds. The Morgan fingerprint density at radius 1 is 1.60 bits per heavy atom. The minimum atomic E-state index is -2.48. The Kier molecular flexibility index (Phi) is 15.0. The molecule has 2 unspecified atom stereocenters. The minimum absolute atomic E-state index is 0.111. The zero-order valence-electron chi connectivity index (χ0n) is 8.32. The molecule has 8 heteroatoms. The van der Waals surface area contributed by atoms with E-state index in [-0.39, 0.29) is 11.1 Å². The lowest BCUT2D eigenvalue weighted by molar-refractivity contribution is 0.282. The summed E-state index contributed by atoms with van der Waals surface area (Å²) in [6.07, 6.45) is 0.572. The molecule has 0 fully saturated rings. The molecule has 0 aliphatic heterocycles.